The summed E-state index contributed by atoms with van der Waals surface area (Å²) in [4.78, 5) is 42.1. The van der Waals surface area contributed by atoms with E-state index in [1.165, 1.54) is 12.8 Å². The summed E-state index contributed by atoms with van der Waals surface area (Å²) >= 11 is 0. The van der Waals surface area contributed by atoms with E-state index < -0.39 is 0 Å². The van der Waals surface area contributed by atoms with Gasteiger partial charge in [-0.1, -0.05) is 75.6 Å². The topological polar surface area (TPSA) is 82.1 Å². The number of methoxy groups -OCH3 is 2. The van der Waals surface area contributed by atoms with Gasteiger partial charge < -0.3 is 14.2 Å². The molecule has 2 amide bonds. The van der Waals surface area contributed by atoms with Crippen molar-refractivity contribution in [2.45, 2.75) is 96.1 Å². The lowest BCUT2D eigenvalue weighted by atomic mass is 9.74. The Balaban J connectivity index is 1.22. The van der Waals surface area contributed by atoms with Crippen LogP contribution in [0.3, 0.4) is 0 Å². The maximum atomic E-state index is 13.9. The number of Topliss-reactive ketones (excluding diaryl/α,β-unsaturated/α-hetero) is 1. The number of likely N-dealkylation sites (tertiary alicyclic amines) is 1. The van der Waals surface area contributed by atoms with Gasteiger partial charge in [0.2, 0.25) is 11.8 Å². The van der Waals surface area contributed by atoms with Crippen LogP contribution in [0.4, 0.5) is 0 Å². The SMILES string of the molecule is COc1cc(OC)cc(OCc2ccc(C(=O)C[C@H]3CCCCCC[C@H]3C(=O)N3C(=O)[C@@H]4CCCCCC[C@@H]43)cc2)c1. The predicted molar refractivity (Wildman–Crippen MR) is 161 cm³/mol. The molecule has 226 valence electrons. The van der Waals surface area contributed by atoms with E-state index in [2.05, 4.69) is 0 Å². The maximum absolute atomic E-state index is 13.9. The summed E-state index contributed by atoms with van der Waals surface area (Å²) in [6.07, 6.45) is 12.6. The normalized spacial score (nSPS) is 24.6. The van der Waals surface area contributed by atoms with Gasteiger partial charge in [0.25, 0.3) is 0 Å². The van der Waals surface area contributed by atoms with E-state index >= 15 is 0 Å². The van der Waals surface area contributed by atoms with Crippen LogP contribution in [0.25, 0.3) is 0 Å². The van der Waals surface area contributed by atoms with Gasteiger partial charge in [0.05, 0.1) is 26.2 Å². The van der Waals surface area contributed by atoms with Crippen molar-refractivity contribution < 1.29 is 28.6 Å². The summed E-state index contributed by atoms with van der Waals surface area (Å²) in [5.74, 6) is 1.76. The molecular weight excluding hydrogens is 530 g/mol. The van der Waals surface area contributed by atoms with Gasteiger partial charge >= 0.3 is 0 Å². The molecule has 3 fully saturated rings. The van der Waals surface area contributed by atoms with Crippen LogP contribution < -0.4 is 14.2 Å². The molecule has 1 heterocycles. The Hall–Kier alpha value is -3.35. The fourth-order valence-corrected chi connectivity index (χ4v) is 7.08. The molecular formula is C35H45NO6. The van der Waals surface area contributed by atoms with Crippen molar-refractivity contribution in [3.63, 3.8) is 0 Å². The van der Waals surface area contributed by atoms with Crippen molar-refractivity contribution in [1.82, 2.24) is 4.90 Å². The van der Waals surface area contributed by atoms with E-state index in [0.717, 1.165) is 69.8 Å². The van der Waals surface area contributed by atoms with Gasteiger partial charge in [-0.15, -0.1) is 0 Å². The lowest BCUT2D eigenvalue weighted by Crippen LogP contribution is -2.64. The fourth-order valence-electron chi connectivity index (χ4n) is 7.08. The van der Waals surface area contributed by atoms with Crippen molar-refractivity contribution in [2.75, 3.05) is 14.2 Å². The second kappa shape index (κ2) is 14.2. The Morgan fingerprint density at radius 3 is 2.02 bits per heavy atom. The van der Waals surface area contributed by atoms with E-state index in [9.17, 15) is 14.4 Å². The molecule has 2 aromatic rings. The summed E-state index contributed by atoms with van der Waals surface area (Å²) in [6, 6.07) is 13.0. The fraction of sp³-hybridized carbons (Fsp3) is 0.571. The van der Waals surface area contributed by atoms with E-state index in [-0.39, 0.29) is 41.4 Å². The number of amides is 2. The van der Waals surface area contributed by atoms with Crippen molar-refractivity contribution in [1.29, 1.82) is 0 Å². The number of ether oxygens (including phenoxy) is 3. The van der Waals surface area contributed by atoms with Gasteiger partial charge in [0.15, 0.2) is 5.78 Å². The zero-order chi connectivity index (χ0) is 29.5. The first-order valence-electron chi connectivity index (χ1n) is 15.8. The first kappa shape index (κ1) is 30.1. The van der Waals surface area contributed by atoms with Crippen LogP contribution in [0.5, 0.6) is 17.2 Å². The molecule has 7 nitrogen and oxygen atoms in total. The average molecular weight is 576 g/mol. The summed E-state index contributed by atoms with van der Waals surface area (Å²) in [6.45, 7) is 0.343. The molecule has 7 heteroatoms. The lowest BCUT2D eigenvalue weighted by molar-refractivity contribution is -0.171. The third kappa shape index (κ3) is 6.99. The highest BCUT2D eigenvalue weighted by Crippen LogP contribution is 2.41. The molecule has 2 aromatic carbocycles. The molecule has 3 aliphatic rings. The minimum Gasteiger partial charge on any atom is -0.496 e. The Bertz CT molecular complexity index is 1220. The summed E-state index contributed by atoms with van der Waals surface area (Å²) in [7, 11) is 3.20. The number of nitrogens with zero attached hydrogens (tertiary/aromatic N) is 1. The Morgan fingerprint density at radius 1 is 0.762 bits per heavy atom. The Labute approximate surface area is 249 Å². The predicted octanol–water partition coefficient (Wildman–Crippen LogP) is 7.15. The van der Waals surface area contributed by atoms with Gasteiger partial charge in [-0.25, -0.2) is 0 Å². The molecule has 0 spiro atoms. The van der Waals surface area contributed by atoms with Crippen molar-refractivity contribution >= 4 is 17.6 Å². The van der Waals surface area contributed by atoms with Crippen molar-refractivity contribution in [3.8, 4) is 17.2 Å². The number of carbonyl (C=O) groups excluding carboxylic acids is 3. The van der Waals surface area contributed by atoms with Gasteiger partial charge in [0.1, 0.15) is 23.9 Å². The van der Waals surface area contributed by atoms with Gasteiger partial charge in [-0.05, 0) is 37.2 Å². The standard InChI is InChI=1S/C35H45NO6/c1-40-27-20-28(41-2)22-29(21-27)42-23-24-15-17-25(18-16-24)33(37)19-26-11-7-3-4-8-12-30(26)34(38)36-32-14-10-6-5-9-13-31(32)35(36)39/h15-18,20-22,26,30-32H,3-14,19,23H2,1-2H3/t26-,30-,31-,32+/m1/s1. The molecule has 0 radical (unpaired) electrons. The molecule has 0 N–H and O–H groups in total. The second-order valence-electron chi connectivity index (χ2n) is 12.2. The van der Waals surface area contributed by atoms with Crippen molar-refractivity contribution in [3.05, 3.63) is 53.6 Å². The molecule has 1 aliphatic heterocycles. The zero-order valence-electron chi connectivity index (χ0n) is 25.1. The molecule has 5 rings (SSSR count). The molecule has 4 atom stereocenters. The number of carbonyl (C=O) groups is 3. The monoisotopic (exact) mass is 575 g/mol. The molecule has 2 saturated carbocycles. The highest BCUT2D eigenvalue weighted by molar-refractivity contribution is 6.03. The number of ketones is 1. The number of rotatable bonds is 9. The van der Waals surface area contributed by atoms with Crippen LogP contribution in [-0.4, -0.2) is 42.8 Å². The largest absolute Gasteiger partial charge is 0.496 e. The van der Waals surface area contributed by atoms with Crippen LogP contribution >= 0.6 is 0 Å². The van der Waals surface area contributed by atoms with E-state index in [1.807, 2.05) is 24.3 Å². The molecule has 42 heavy (non-hydrogen) atoms. The molecule has 1 saturated heterocycles. The highest BCUT2D eigenvalue weighted by atomic mass is 16.5. The summed E-state index contributed by atoms with van der Waals surface area (Å²) < 4.78 is 16.6. The molecule has 0 aromatic heterocycles. The first-order chi connectivity index (χ1) is 20.5. The van der Waals surface area contributed by atoms with E-state index in [0.29, 0.717) is 35.8 Å². The van der Waals surface area contributed by atoms with Gasteiger partial charge in [-0.2, -0.15) is 0 Å². The average Bonchev–Trinajstić information content (AvgIpc) is 2.98. The quantitative estimate of drug-likeness (QED) is 0.179. The Kier molecular flexibility index (Phi) is 10.2. The van der Waals surface area contributed by atoms with Crippen molar-refractivity contribution in [2.24, 2.45) is 17.8 Å². The third-order valence-electron chi connectivity index (χ3n) is 9.53. The highest BCUT2D eigenvalue weighted by Gasteiger charge is 2.51. The molecule has 2 aliphatic carbocycles. The number of β-lactam (4-membered cyclic amide) rings is 1. The summed E-state index contributed by atoms with van der Waals surface area (Å²) in [5.41, 5.74) is 1.59. The lowest BCUT2D eigenvalue weighted by Gasteiger charge is -2.49. The van der Waals surface area contributed by atoms with Crippen LogP contribution in [0.15, 0.2) is 42.5 Å². The minimum atomic E-state index is -0.253. The number of imide groups is 1. The van der Waals surface area contributed by atoms with E-state index in [4.69, 9.17) is 14.2 Å². The maximum Gasteiger partial charge on any atom is 0.234 e. The third-order valence-corrected chi connectivity index (χ3v) is 9.53. The number of benzene rings is 2. The Morgan fingerprint density at radius 2 is 1.36 bits per heavy atom. The van der Waals surface area contributed by atoms with Crippen LogP contribution in [0, 0.1) is 17.8 Å². The minimum absolute atomic E-state index is 0.0109. The van der Waals surface area contributed by atoms with E-state index in [1.54, 1.807) is 37.3 Å². The summed E-state index contributed by atoms with van der Waals surface area (Å²) in [5, 5.41) is 0. The number of hydrogen-bond donors (Lipinski definition) is 0. The zero-order valence-corrected chi connectivity index (χ0v) is 25.1. The first-order valence-corrected chi connectivity index (χ1v) is 15.8. The molecule has 0 bridgehead atoms. The van der Waals surface area contributed by atoms with Gasteiger partial charge in [0, 0.05) is 36.1 Å². The van der Waals surface area contributed by atoms with Crippen LogP contribution in [0.1, 0.15) is 99.4 Å². The molecule has 0 unspecified atom stereocenters. The van der Waals surface area contributed by atoms with Crippen LogP contribution in [-0.2, 0) is 16.2 Å². The smallest absolute Gasteiger partial charge is 0.234 e. The second-order valence-corrected chi connectivity index (χ2v) is 12.2. The van der Waals surface area contributed by atoms with Crippen LogP contribution in [0.2, 0.25) is 0 Å². The number of hydrogen-bond acceptors (Lipinski definition) is 6. The number of fused-ring (bicyclic) bond motifs is 1. The van der Waals surface area contributed by atoms with Gasteiger partial charge in [-0.3, -0.25) is 19.3 Å².